The van der Waals surface area contributed by atoms with Crippen molar-refractivity contribution in [1.29, 1.82) is 0 Å². The number of nitrogens with two attached hydrogens (primary N) is 1. The van der Waals surface area contributed by atoms with Crippen molar-refractivity contribution in [3.05, 3.63) is 35.4 Å². The van der Waals surface area contributed by atoms with Gasteiger partial charge in [-0.05, 0) is 17.5 Å². The van der Waals surface area contributed by atoms with Gasteiger partial charge in [0.1, 0.15) is 5.54 Å². The van der Waals surface area contributed by atoms with Crippen molar-refractivity contribution < 1.29 is 18.3 Å². The highest BCUT2D eigenvalue weighted by atomic mass is 32.2. The largest absolute Gasteiger partial charge is 0.480 e. The highest BCUT2D eigenvalue weighted by Gasteiger charge is 2.73. The summed E-state index contributed by atoms with van der Waals surface area (Å²) in [4.78, 5) is 11.3. The van der Waals surface area contributed by atoms with Gasteiger partial charge in [-0.3, -0.25) is 4.79 Å². The molecule has 5 nitrogen and oxygen atoms in total. The zero-order chi connectivity index (χ0) is 14.4. The Morgan fingerprint density at radius 3 is 2.21 bits per heavy atom. The summed E-state index contributed by atoms with van der Waals surface area (Å²) < 4.78 is 23.4. The molecule has 1 aromatic rings. The van der Waals surface area contributed by atoms with Crippen LogP contribution >= 0.6 is 0 Å². The van der Waals surface area contributed by atoms with Crippen LogP contribution in [0.2, 0.25) is 0 Å². The van der Waals surface area contributed by atoms with E-state index in [4.69, 9.17) is 5.73 Å². The van der Waals surface area contributed by atoms with Crippen LogP contribution in [-0.2, 0) is 21.1 Å². The molecule has 3 atom stereocenters. The van der Waals surface area contributed by atoms with E-state index >= 15 is 0 Å². The summed E-state index contributed by atoms with van der Waals surface area (Å²) in [6, 6.07) is 7.27. The van der Waals surface area contributed by atoms with Crippen molar-refractivity contribution >= 4 is 15.8 Å². The topological polar surface area (TPSA) is 97.5 Å². The first-order valence-corrected chi connectivity index (χ1v) is 7.98. The lowest BCUT2D eigenvalue weighted by atomic mass is 10.0. The molecule has 0 spiro atoms. The van der Waals surface area contributed by atoms with Crippen LogP contribution < -0.4 is 5.73 Å². The average molecular weight is 283 g/mol. The third-order valence-corrected chi connectivity index (χ3v) is 5.34. The fourth-order valence-corrected chi connectivity index (χ4v) is 4.40. The molecule has 1 saturated carbocycles. The smallest absolute Gasteiger partial charge is 0.325 e. The third-order valence-electron chi connectivity index (χ3n) is 3.76. The quantitative estimate of drug-likeness (QED) is 0.840. The molecule has 0 heterocycles. The van der Waals surface area contributed by atoms with Crippen LogP contribution in [0.1, 0.15) is 24.0 Å². The maximum absolute atomic E-state index is 11.7. The molecule has 0 saturated heterocycles. The molecule has 1 aliphatic rings. The molecule has 0 amide bonds. The first-order chi connectivity index (χ1) is 8.72. The van der Waals surface area contributed by atoms with E-state index in [1.807, 2.05) is 19.1 Å². The molecular weight excluding hydrogens is 266 g/mol. The molecule has 104 valence electrons. The number of rotatable bonds is 4. The molecule has 1 fully saturated rings. The predicted octanol–water partition coefficient (Wildman–Crippen LogP) is 0.541. The Bertz CT molecular complexity index is 608. The van der Waals surface area contributed by atoms with E-state index in [2.05, 4.69) is 0 Å². The van der Waals surface area contributed by atoms with Crippen molar-refractivity contribution in [2.45, 2.75) is 30.1 Å². The Morgan fingerprint density at radius 1 is 1.37 bits per heavy atom. The summed E-state index contributed by atoms with van der Waals surface area (Å²) >= 11 is 0. The SMILES string of the molecule is CCc1ccc([C@H]2[C@@H](S(C)(=O)=O)[C@@]2(N)C(=O)O)cc1. The monoisotopic (exact) mass is 283 g/mol. The molecule has 1 aromatic carbocycles. The van der Waals surface area contributed by atoms with Crippen LogP contribution in [0.5, 0.6) is 0 Å². The molecule has 3 N–H and O–H groups in total. The van der Waals surface area contributed by atoms with Gasteiger partial charge in [-0.2, -0.15) is 0 Å². The Labute approximate surface area is 112 Å². The van der Waals surface area contributed by atoms with Crippen LogP contribution in [0.25, 0.3) is 0 Å². The van der Waals surface area contributed by atoms with Gasteiger partial charge in [0.2, 0.25) is 0 Å². The summed E-state index contributed by atoms with van der Waals surface area (Å²) in [7, 11) is -3.50. The molecule has 0 aliphatic heterocycles. The van der Waals surface area contributed by atoms with Crippen molar-refractivity contribution in [3.8, 4) is 0 Å². The molecule has 2 rings (SSSR count). The van der Waals surface area contributed by atoms with E-state index in [0.717, 1.165) is 18.2 Å². The molecule has 0 bridgehead atoms. The summed E-state index contributed by atoms with van der Waals surface area (Å²) in [6.07, 6.45) is 1.90. The fraction of sp³-hybridized carbons (Fsp3) is 0.462. The van der Waals surface area contributed by atoms with Crippen LogP contribution in [0.15, 0.2) is 24.3 Å². The first-order valence-electron chi connectivity index (χ1n) is 6.03. The number of carbonyl (C=O) groups is 1. The second-order valence-corrected chi connectivity index (χ2v) is 7.23. The van der Waals surface area contributed by atoms with Crippen LogP contribution in [-0.4, -0.2) is 36.5 Å². The molecule has 0 unspecified atom stereocenters. The van der Waals surface area contributed by atoms with Crippen molar-refractivity contribution in [2.24, 2.45) is 5.73 Å². The van der Waals surface area contributed by atoms with Gasteiger partial charge in [-0.15, -0.1) is 0 Å². The summed E-state index contributed by atoms with van der Waals surface area (Å²) in [5.41, 5.74) is 5.85. The highest BCUT2D eigenvalue weighted by molar-refractivity contribution is 7.91. The minimum absolute atomic E-state index is 0.664. The number of aliphatic carboxylic acids is 1. The van der Waals surface area contributed by atoms with E-state index in [9.17, 15) is 18.3 Å². The fourth-order valence-electron chi connectivity index (χ4n) is 2.64. The summed E-state index contributed by atoms with van der Waals surface area (Å²) in [5, 5.41) is 8.14. The predicted molar refractivity (Wildman–Crippen MR) is 71.7 cm³/mol. The van der Waals surface area contributed by atoms with Gasteiger partial charge in [0, 0.05) is 12.2 Å². The zero-order valence-electron chi connectivity index (χ0n) is 10.8. The Morgan fingerprint density at radius 2 is 1.89 bits per heavy atom. The Balaban J connectivity index is 2.41. The molecule has 6 heteroatoms. The molecule has 19 heavy (non-hydrogen) atoms. The van der Waals surface area contributed by atoms with Crippen molar-refractivity contribution in [1.82, 2.24) is 0 Å². The number of aryl methyl sites for hydroxylation is 1. The second kappa shape index (κ2) is 4.31. The van der Waals surface area contributed by atoms with E-state index in [1.165, 1.54) is 0 Å². The Hall–Kier alpha value is -1.40. The van der Waals surface area contributed by atoms with Crippen LogP contribution in [0.4, 0.5) is 0 Å². The van der Waals surface area contributed by atoms with Crippen molar-refractivity contribution in [2.75, 3.05) is 6.26 Å². The molecular formula is C13H17NO4S. The van der Waals surface area contributed by atoms with E-state index in [0.29, 0.717) is 5.56 Å². The van der Waals surface area contributed by atoms with E-state index in [-0.39, 0.29) is 0 Å². The maximum Gasteiger partial charge on any atom is 0.325 e. The lowest BCUT2D eigenvalue weighted by molar-refractivity contribution is -0.139. The van der Waals surface area contributed by atoms with Crippen LogP contribution in [0.3, 0.4) is 0 Å². The van der Waals surface area contributed by atoms with E-state index in [1.54, 1.807) is 12.1 Å². The molecule has 1 aliphatic carbocycles. The van der Waals surface area contributed by atoms with Gasteiger partial charge in [0.05, 0.1) is 5.25 Å². The lowest BCUT2D eigenvalue weighted by Gasteiger charge is -2.05. The van der Waals surface area contributed by atoms with Gasteiger partial charge < -0.3 is 10.8 Å². The van der Waals surface area contributed by atoms with Crippen LogP contribution in [0, 0.1) is 0 Å². The number of carboxylic acids is 1. The second-order valence-electron chi connectivity index (χ2n) is 5.06. The lowest BCUT2D eigenvalue weighted by Crippen LogP contribution is -2.39. The number of carboxylic acid groups (broad SMARTS) is 1. The van der Waals surface area contributed by atoms with Gasteiger partial charge in [-0.25, -0.2) is 8.42 Å². The highest BCUT2D eigenvalue weighted by Crippen LogP contribution is 2.54. The molecule has 0 aromatic heterocycles. The summed E-state index contributed by atoms with van der Waals surface area (Å²) in [6.45, 7) is 2.01. The van der Waals surface area contributed by atoms with Gasteiger partial charge in [0.15, 0.2) is 9.84 Å². The average Bonchev–Trinajstić information content (AvgIpc) is 2.98. The number of hydrogen-bond acceptors (Lipinski definition) is 4. The standard InChI is InChI=1S/C13H17NO4S/c1-3-8-4-6-9(7-5-8)10-11(19(2,17)18)13(10,14)12(15)16/h4-7,10-11H,3,14H2,1-2H3,(H,15,16)/t10-,11+,13+/m0/s1. The van der Waals surface area contributed by atoms with Gasteiger partial charge in [-0.1, -0.05) is 31.2 Å². The number of sulfone groups is 1. The number of benzene rings is 1. The van der Waals surface area contributed by atoms with Crippen molar-refractivity contribution in [3.63, 3.8) is 0 Å². The summed E-state index contributed by atoms with van der Waals surface area (Å²) in [5.74, 6) is -1.95. The minimum atomic E-state index is -3.50. The number of hydrogen-bond donors (Lipinski definition) is 2. The molecule has 0 radical (unpaired) electrons. The minimum Gasteiger partial charge on any atom is -0.480 e. The van der Waals surface area contributed by atoms with E-state index < -0.39 is 32.5 Å². The first kappa shape index (κ1) is 14.0. The van der Waals surface area contributed by atoms with Gasteiger partial charge >= 0.3 is 5.97 Å². The third kappa shape index (κ3) is 2.15. The maximum atomic E-state index is 11.7. The normalized spacial score (nSPS) is 30.1. The zero-order valence-corrected chi connectivity index (χ0v) is 11.6. The van der Waals surface area contributed by atoms with Gasteiger partial charge in [0.25, 0.3) is 0 Å². The Kier molecular flexibility index (Phi) is 3.18.